The maximum atomic E-state index is 14.0. The van der Waals surface area contributed by atoms with Gasteiger partial charge in [0, 0.05) is 26.2 Å². The van der Waals surface area contributed by atoms with E-state index >= 15 is 0 Å². The minimum Gasteiger partial charge on any atom is -0.497 e. The third-order valence-electron chi connectivity index (χ3n) is 6.25. The summed E-state index contributed by atoms with van der Waals surface area (Å²) in [6.45, 7) is 1.97. The van der Waals surface area contributed by atoms with Gasteiger partial charge in [0.05, 0.1) is 31.5 Å². The van der Waals surface area contributed by atoms with Crippen LogP contribution in [0.15, 0.2) is 48.5 Å². The van der Waals surface area contributed by atoms with E-state index in [-0.39, 0.29) is 35.8 Å². The average Bonchev–Trinajstić information content (AvgIpc) is 3.31. The number of rotatable bonds is 4. The normalized spacial score (nSPS) is 17.9. The van der Waals surface area contributed by atoms with Crippen LogP contribution in [0.1, 0.15) is 38.2 Å². The predicted molar refractivity (Wildman–Crippen MR) is 119 cm³/mol. The first-order valence-electron chi connectivity index (χ1n) is 11.1. The van der Waals surface area contributed by atoms with Crippen LogP contribution in [0.4, 0.5) is 4.39 Å². The second-order valence-corrected chi connectivity index (χ2v) is 8.20. The molecular weight excluding hydrogens is 441 g/mol. The van der Waals surface area contributed by atoms with Gasteiger partial charge in [-0.25, -0.2) is 9.07 Å². The van der Waals surface area contributed by atoms with Crippen LogP contribution in [-0.4, -0.2) is 69.9 Å². The van der Waals surface area contributed by atoms with Gasteiger partial charge in [-0.2, -0.15) is 0 Å². The standard InChI is InChI=1S/C24H24FN5O4/c1-33-17-8-6-16(7-9-17)21-14-30-20(15-34-21)22(26-27-30)24(32)29-12-10-28(11-13-29)23(31)18-4-2-3-5-19(18)25/h2-9,21H,10-15H2,1H3/t21-/m0/s1. The number of nitrogens with zero attached hydrogens (tertiary/aromatic N) is 5. The summed E-state index contributed by atoms with van der Waals surface area (Å²) in [6.07, 6.45) is -0.198. The van der Waals surface area contributed by atoms with Gasteiger partial charge in [-0.05, 0) is 29.8 Å². The summed E-state index contributed by atoms with van der Waals surface area (Å²) in [6, 6.07) is 13.6. The van der Waals surface area contributed by atoms with Crippen LogP contribution >= 0.6 is 0 Å². The van der Waals surface area contributed by atoms with E-state index in [9.17, 15) is 14.0 Å². The van der Waals surface area contributed by atoms with Gasteiger partial charge in [0.15, 0.2) is 5.69 Å². The van der Waals surface area contributed by atoms with Crippen molar-refractivity contribution in [3.8, 4) is 5.75 Å². The minimum absolute atomic E-state index is 0.0400. The number of benzene rings is 2. The molecule has 2 aliphatic rings. The second-order valence-electron chi connectivity index (χ2n) is 8.20. The van der Waals surface area contributed by atoms with E-state index in [0.29, 0.717) is 38.4 Å². The molecule has 176 valence electrons. The molecule has 1 atom stereocenters. The van der Waals surface area contributed by atoms with Crippen molar-refractivity contribution in [1.82, 2.24) is 24.8 Å². The topological polar surface area (TPSA) is 89.8 Å². The van der Waals surface area contributed by atoms with E-state index in [1.807, 2.05) is 24.3 Å². The average molecular weight is 465 g/mol. The fourth-order valence-corrected chi connectivity index (χ4v) is 4.27. The van der Waals surface area contributed by atoms with Gasteiger partial charge in [0.1, 0.15) is 17.7 Å². The van der Waals surface area contributed by atoms with Gasteiger partial charge >= 0.3 is 0 Å². The summed E-state index contributed by atoms with van der Waals surface area (Å²) < 4.78 is 26.9. The molecule has 34 heavy (non-hydrogen) atoms. The number of carbonyl (C=O) groups excluding carboxylic acids is 2. The number of fused-ring (bicyclic) bond motifs is 1. The first kappa shape index (κ1) is 22.0. The number of hydrogen-bond acceptors (Lipinski definition) is 6. The Kier molecular flexibility index (Phi) is 5.97. The highest BCUT2D eigenvalue weighted by Gasteiger charge is 2.32. The highest BCUT2D eigenvalue weighted by atomic mass is 19.1. The van der Waals surface area contributed by atoms with Crippen molar-refractivity contribution in [1.29, 1.82) is 0 Å². The molecule has 0 aliphatic carbocycles. The molecule has 10 heteroatoms. The highest BCUT2D eigenvalue weighted by molar-refractivity contribution is 5.95. The number of ether oxygens (including phenoxy) is 2. The van der Waals surface area contributed by atoms with Crippen molar-refractivity contribution in [2.45, 2.75) is 19.3 Å². The lowest BCUT2D eigenvalue weighted by Gasteiger charge is -2.34. The van der Waals surface area contributed by atoms with Crippen LogP contribution in [0.25, 0.3) is 0 Å². The van der Waals surface area contributed by atoms with Crippen LogP contribution in [0.3, 0.4) is 0 Å². The molecule has 0 radical (unpaired) electrons. The Labute approximate surface area is 195 Å². The molecule has 2 aromatic carbocycles. The summed E-state index contributed by atoms with van der Waals surface area (Å²) in [5.74, 6) is -0.394. The molecule has 3 heterocycles. The Morgan fingerprint density at radius 2 is 1.68 bits per heavy atom. The highest BCUT2D eigenvalue weighted by Crippen LogP contribution is 2.28. The van der Waals surface area contributed by atoms with Crippen LogP contribution < -0.4 is 4.74 Å². The van der Waals surface area contributed by atoms with Gasteiger partial charge in [0.2, 0.25) is 0 Å². The molecule has 1 aromatic heterocycles. The van der Waals surface area contributed by atoms with Gasteiger partial charge in [-0.15, -0.1) is 5.10 Å². The zero-order valence-corrected chi connectivity index (χ0v) is 18.7. The molecule has 1 saturated heterocycles. The van der Waals surface area contributed by atoms with Crippen molar-refractivity contribution >= 4 is 11.8 Å². The van der Waals surface area contributed by atoms with E-state index in [4.69, 9.17) is 9.47 Å². The largest absolute Gasteiger partial charge is 0.497 e. The first-order chi connectivity index (χ1) is 16.5. The number of halogens is 1. The van der Waals surface area contributed by atoms with Crippen molar-refractivity contribution in [3.63, 3.8) is 0 Å². The minimum atomic E-state index is -0.547. The van der Waals surface area contributed by atoms with Crippen LogP contribution in [-0.2, 0) is 17.9 Å². The molecule has 0 spiro atoms. The number of methoxy groups -OCH3 is 1. The maximum absolute atomic E-state index is 14.0. The molecule has 0 unspecified atom stereocenters. The molecule has 2 aliphatic heterocycles. The van der Waals surface area contributed by atoms with Crippen molar-refractivity contribution in [3.05, 3.63) is 76.9 Å². The van der Waals surface area contributed by atoms with Gasteiger partial charge in [-0.3, -0.25) is 9.59 Å². The summed E-state index contributed by atoms with van der Waals surface area (Å²) in [4.78, 5) is 29.0. The second kappa shape index (κ2) is 9.22. The van der Waals surface area contributed by atoms with E-state index in [1.54, 1.807) is 33.7 Å². The molecule has 5 rings (SSSR count). The lowest BCUT2D eigenvalue weighted by Crippen LogP contribution is -2.51. The Morgan fingerprint density at radius 3 is 2.35 bits per heavy atom. The quantitative estimate of drug-likeness (QED) is 0.588. The number of carbonyl (C=O) groups is 2. The lowest BCUT2D eigenvalue weighted by atomic mass is 10.1. The van der Waals surface area contributed by atoms with E-state index < -0.39 is 5.82 Å². The zero-order valence-electron chi connectivity index (χ0n) is 18.7. The Morgan fingerprint density at radius 1 is 1.00 bits per heavy atom. The van der Waals surface area contributed by atoms with Crippen molar-refractivity contribution < 1.29 is 23.5 Å². The predicted octanol–water partition coefficient (Wildman–Crippen LogP) is 2.30. The molecule has 3 aromatic rings. The Hall–Kier alpha value is -3.79. The Balaban J connectivity index is 1.23. The number of amides is 2. The third kappa shape index (κ3) is 4.12. The maximum Gasteiger partial charge on any atom is 0.276 e. The summed E-state index contributed by atoms with van der Waals surface area (Å²) in [5, 5.41) is 8.32. The van der Waals surface area contributed by atoms with Crippen LogP contribution in [0, 0.1) is 5.82 Å². The van der Waals surface area contributed by atoms with E-state index in [1.165, 1.54) is 12.1 Å². The van der Waals surface area contributed by atoms with Gasteiger partial charge < -0.3 is 19.3 Å². The van der Waals surface area contributed by atoms with Gasteiger partial charge in [0.25, 0.3) is 11.8 Å². The zero-order chi connectivity index (χ0) is 23.7. The number of hydrogen-bond donors (Lipinski definition) is 0. The van der Waals surface area contributed by atoms with Crippen molar-refractivity contribution in [2.24, 2.45) is 0 Å². The summed E-state index contributed by atoms with van der Waals surface area (Å²) >= 11 is 0. The van der Waals surface area contributed by atoms with Crippen LogP contribution in [0.5, 0.6) is 5.75 Å². The van der Waals surface area contributed by atoms with Gasteiger partial charge in [-0.1, -0.05) is 29.5 Å². The lowest BCUT2D eigenvalue weighted by molar-refractivity contribution is -0.00204. The fourth-order valence-electron chi connectivity index (χ4n) is 4.27. The fraction of sp³-hybridized carbons (Fsp3) is 0.333. The molecule has 2 amide bonds. The Bertz CT molecular complexity index is 1200. The first-order valence-corrected chi connectivity index (χ1v) is 11.1. The summed E-state index contributed by atoms with van der Waals surface area (Å²) in [7, 11) is 1.62. The number of aromatic nitrogens is 3. The SMILES string of the molecule is COc1ccc([C@@H]2Cn3nnc(C(=O)N4CCN(C(=O)c5ccccc5F)CC4)c3CO2)cc1. The molecule has 9 nitrogen and oxygen atoms in total. The summed E-state index contributed by atoms with van der Waals surface area (Å²) in [5.41, 5.74) is 1.94. The van der Waals surface area contributed by atoms with E-state index in [0.717, 1.165) is 11.3 Å². The third-order valence-corrected chi connectivity index (χ3v) is 6.25. The van der Waals surface area contributed by atoms with Crippen molar-refractivity contribution in [2.75, 3.05) is 33.3 Å². The number of piperazine rings is 1. The monoisotopic (exact) mass is 465 g/mol. The molecule has 1 fully saturated rings. The van der Waals surface area contributed by atoms with E-state index in [2.05, 4.69) is 10.3 Å². The molecular formula is C24H24FN5O4. The molecule has 0 N–H and O–H groups in total. The smallest absolute Gasteiger partial charge is 0.276 e. The molecule has 0 bridgehead atoms. The van der Waals surface area contributed by atoms with Crippen LogP contribution in [0.2, 0.25) is 0 Å². The molecule has 0 saturated carbocycles.